The van der Waals surface area contributed by atoms with Gasteiger partial charge in [-0.05, 0) is 30.2 Å². The second kappa shape index (κ2) is 6.78. The highest BCUT2D eigenvalue weighted by Crippen LogP contribution is 2.44. The molecule has 2 aromatic carbocycles. The van der Waals surface area contributed by atoms with E-state index in [1.165, 1.54) is 0 Å². The molecule has 0 aliphatic heterocycles. The molecule has 112 valence electrons. The highest BCUT2D eigenvalue weighted by molar-refractivity contribution is 6.35. The van der Waals surface area contributed by atoms with Gasteiger partial charge in [-0.25, -0.2) is 0 Å². The summed E-state index contributed by atoms with van der Waals surface area (Å²) >= 11 is 19.2. The second-order valence-electron chi connectivity index (χ2n) is 4.54. The van der Waals surface area contributed by atoms with Gasteiger partial charge in [0, 0.05) is 10.6 Å². The molecule has 2 rings (SSSR count). The van der Waals surface area contributed by atoms with Gasteiger partial charge >= 0.3 is 0 Å². The number of hydrogen-bond donors (Lipinski definition) is 0. The molecular formula is C16H15Cl3O2. The molecule has 0 radical (unpaired) electrons. The van der Waals surface area contributed by atoms with E-state index in [0.717, 1.165) is 16.7 Å². The predicted octanol–water partition coefficient (Wildman–Crippen LogP) is 5.65. The van der Waals surface area contributed by atoms with Gasteiger partial charge in [-0.3, -0.25) is 0 Å². The third-order valence-corrected chi connectivity index (χ3v) is 4.63. The summed E-state index contributed by atoms with van der Waals surface area (Å²) in [5, 5.41) is 0.578. The summed E-state index contributed by atoms with van der Waals surface area (Å²) in [7, 11) is 3.10. The molecule has 0 saturated heterocycles. The minimum atomic E-state index is -0.462. The number of rotatable bonds is 4. The number of ether oxygens (including phenoxy) is 2. The van der Waals surface area contributed by atoms with Crippen LogP contribution >= 0.6 is 34.8 Å². The summed E-state index contributed by atoms with van der Waals surface area (Å²) < 4.78 is 10.6. The highest BCUT2D eigenvalue weighted by Gasteiger charge is 2.22. The molecular weight excluding hydrogens is 331 g/mol. The van der Waals surface area contributed by atoms with E-state index in [9.17, 15) is 0 Å². The molecule has 1 unspecified atom stereocenters. The minimum absolute atomic E-state index is 0.395. The highest BCUT2D eigenvalue weighted by atomic mass is 35.5. The van der Waals surface area contributed by atoms with Crippen molar-refractivity contribution in [2.45, 2.75) is 12.3 Å². The van der Waals surface area contributed by atoms with E-state index >= 15 is 0 Å². The van der Waals surface area contributed by atoms with E-state index in [1.54, 1.807) is 20.3 Å². The molecule has 0 bridgehead atoms. The number of alkyl halides is 1. The molecule has 5 heteroatoms. The van der Waals surface area contributed by atoms with Crippen LogP contribution in [0.3, 0.4) is 0 Å². The first-order valence-corrected chi connectivity index (χ1v) is 7.50. The van der Waals surface area contributed by atoms with Crippen LogP contribution < -0.4 is 9.47 Å². The lowest BCUT2D eigenvalue weighted by Crippen LogP contribution is -2.00. The summed E-state index contributed by atoms with van der Waals surface area (Å²) in [4.78, 5) is 0. The van der Waals surface area contributed by atoms with Crippen molar-refractivity contribution in [1.82, 2.24) is 0 Å². The molecule has 21 heavy (non-hydrogen) atoms. The molecule has 2 nitrogen and oxygen atoms in total. The molecule has 0 aromatic heterocycles. The Labute approximate surface area is 139 Å². The van der Waals surface area contributed by atoms with Gasteiger partial charge in [0.15, 0.2) is 0 Å². The van der Waals surface area contributed by atoms with Crippen LogP contribution in [0.5, 0.6) is 11.5 Å². The molecule has 0 heterocycles. The van der Waals surface area contributed by atoms with E-state index in [2.05, 4.69) is 0 Å². The van der Waals surface area contributed by atoms with Crippen molar-refractivity contribution in [1.29, 1.82) is 0 Å². The Hall–Kier alpha value is -1.09. The second-order valence-corrected chi connectivity index (χ2v) is 5.74. The monoisotopic (exact) mass is 344 g/mol. The SMILES string of the molecule is COc1ccc(C(Cl)c2cccc(C)c2Cl)c(OC)c1Cl. The minimum Gasteiger partial charge on any atom is -0.495 e. The molecule has 0 amide bonds. The van der Waals surface area contributed by atoms with Gasteiger partial charge < -0.3 is 9.47 Å². The average molecular weight is 346 g/mol. The van der Waals surface area contributed by atoms with Crippen molar-refractivity contribution in [3.63, 3.8) is 0 Å². The fourth-order valence-electron chi connectivity index (χ4n) is 2.15. The van der Waals surface area contributed by atoms with Crippen LogP contribution in [0.25, 0.3) is 0 Å². The Morgan fingerprint density at radius 2 is 1.62 bits per heavy atom. The van der Waals surface area contributed by atoms with Crippen LogP contribution in [0, 0.1) is 6.92 Å². The summed E-state index contributed by atoms with van der Waals surface area (Å²) in [5.74, 6) is 1.03. The molecule has 0 fully saturated rings. The predicted molar refractivity (Wildman–Crippen MR) is 88.4 cm³/mol. The van der Waals surface area contributed by atoms with Crippen LogP contribution in [-0.2, 0) is 0 Å². The van der Waals surface area contributed by atoms with E-state index in [1.807, 2.05) is 31.2 Å². The van der Waals surface area contributed by atoms with Gasteiger partial charge in [0.1, 0.15) is 16.5 Å². The zero-order chi connectivity index (χ0) is 15.6. The Bertz CT molecular complexity index is 656. The van der Waals surface area contributed by atoms with Crippen LogP contribution in [-0.4, -0.2) is 14.2 Å². The Balaban J connectivity index is 2.56. The molecule has 0 saturated carbocycles. The molecule has 0 aliphatic carbocycles. The zero-order valence-electron chi connectivity index (χ0n) is 11.9. The summed E-state index contributed by atoms with van der Waals surface area (Å²) in [5.41, 5.74) is 2.54. The molecule has 2 aromatic rings. The van der Waals surface area contributed by atoms with Crippen molar-refractivity contribution >= 4 is 34.8 Å². The van der Waals surface area contributed by atoms with Crippen molar-refractivity contribution in [3.05, 3.63) is 57.1 Å². The van der Waals surface area contributed by atoms with E-state index < -0.39 is 5.38 Å². The summed E-state index contributed by atoms with van der Waals surface area (Å²) in [6.45, 7) is 1.94. The smallest absolute Gasteiger partial charge is 0.146 e. The average Bonchev–Trinajstić information content (AvgIpc) is 2.49. The molecule has 1 atom stereocenters. The standard InChI is InChI=1S/C16H15Cl3O2/c1-9-5-4-6-10(13(9)17)14(18)11-7-8-12(20-2)15(19)16(11)21-3/h4-8,14H,1-3H3. The van der Waals surface area contributed by atoms with E-state index in [0.29, 0.717) is 21.5 Å². The van der Waals surface area contributed by atoms with Crippen molar-refractivity contribution in [2.24, 2.45) is 0 Å². The lowest BCUT2D eigenvalue weighted by Gasteiger charge is -2.18. The number of methoxy groups -OCH3 is 2. The fraction of sp³-hybridized carbons (Fsp3) is 0.250. The third-order valence-electron chi connectivity index (χ3n) is 3.28. The van der Waals surface area contributed by atoms with E-state index in [4.69, 9.17) is 44.3 Å². The molecule has 0 aliphatic rings. The van der Waals surface area contributed by atoms with Crippen molar-refractivity contribution in [3.8, 4) is 11.5 Å². The van der Waals surface area contributed by atoms with Gasteiger partial charge in [0.2, 0.25) is 0 Å². The Kier molecular flexibility index (Phi) is 5.26. The quantitative estimate of drug-likeness (QED) is 0.667. The lowest BCUT2D eigenvalue weighted by atomic mass is 10.0. The Morgan fingerprint density at radius 1 is 0.905 bits per heavy atom. The number of hydrogen-bond acceptors (Lipinski definition) is 2. The van der Waals surface area contributed by atoms with Crippen LogP contribution in [0.1, 0.15) is 22.1 Å². The number of aryl methyl sites for hydroxylation is 1. The van der Waals surface area contributed by atoms with Crippen LogP contribution in [0.15, 0.2) is 30.3 Å². The normalized spacial score (nSPS) is 12.1. The first kappa shape index (κ1) is 16.3. The molecule has 0 N–H and O–H groups in total. The zero-order valence-corrected chi connectivity index (χ0v) is 14.2. The largest absolute Gasteiger partial charge is 0.495 e. The van der Waals surface area contributed by atoms with Crippen LogP contribution in [0.4, 0.5) is 0 Å². The maximum absolute atomic E-state index is 6.60. The first-order chi connectivity index (χ1) is 10.0. The van der Waals surface area contributed by atoms with Gasteiger partial charge in [-0.1, -0.05) is 41.4 Å². The maximum atomic E-state index is 6.60. The first-order valence-electron chi connectivity index (χ1n) is 6.30. The number of halogens is 3. The molecule has 0 spiro atoms. The third kappa shape index (κ3) is 3.08. The van der Waals surface area contributed by atoms with E-state index in [-0.39, 0.29) is 0 Å². The Morgan fingerprint density at radius 3 is 2.24 bits per heavy atom. The van der Waals surface area contributed by atoms with Gasteiger partial charge in [0.05, 0.1) is 19.6 Å². The van der Waals surface area contributed by atoms with Gasteiger partial charge in [0.25, 0.3) is 0 Å². The fourth-order valence-corrected chi connectivity index (χ4v) is 3.12. The van der Waals surface area contributed by atoms with Gasteiger partial charge in [-0.2, -0.15) is 0 Å². The summed E-state index contributed by atoms with van der Waals surface area (Å²) in [6.07, 6.45) is 0. The van der Waals surface area contributed by atoms with Crippen LogP contribution in [0.2, 0.25) is 10.0 Å². The lowest BCUT2D eigenvalue weighted by molar-refractivity contribution is 0.392. The van der Waals surface area contributed by atoms with Gasteiger partial charge in [-0.15, -0.1) is 11.6 Å². The van der Waals surface area contributed by atoms with Crippen molar-refractivity contribution < 1.29 is 9.47 Å². The topological polar surface area (TPSA) is 18.5 Å². The number of benzene rings is 2. The maximum Gasteiger partial charge on any atom is 0.146 e. The van der Waals surface area contributed by atoms with Crippen molar-refractivity contribution in [2.75, 3.05) is 14.2 Å². The summed E-state index contributed by atoms with van der Waals surface area (Å²) in [6, 6.07) is 9.35.